The molecular formula is C10H19Cl2N3. The molecule has 5 heteroatoms. The summed E-state index contributed by atoms with van der Waals surface area (Å²) in [6, 6.07) is 2.22. The zero-order valence-corrected chi connectivity index (χ0v) is 10.6. The van der Waals surface area contributed by atoms with E-state index in [1.807, 2.05) is 24.0 Å². The summed E-state index contributed by atoms with van der Waals surface area (Å²) in [5.74, 6) is 0.676. The molecule has 1 fully saturated rings. The Bertz CT molecular complexity index is 282. The number of aryl methyl sites for hydroxylation is 1. The van der Waals surface area contributed by atoms with Crippen molar-refractivity contribution in [2.45, 2.75) is 31.7 Å². The van der Waals surface area contributed by atoms with Crippen molar-refractivity contribution in [3.8, 4) is 0 Å². The SMILES string of the molecule is Cl.Cl.Cn1nccc1C(N)C1CCCC1. The van der Waals surface area contributed by atoms with E-state index in [1.165, 1.54) is 31.4 Å². The van der Waals surface area contributed by atoms with Crippen LogP contribution in [-0.4, -0.2) is 9.78 Å². The number of nitrogens with zero attached hydrogens (tertiary/aromatic N) is 2. The first kappa shape index (κ1) is 14.8. The highest BCUT2D eigenvalue weighted by molar-refractivity contribution is 5.85. The molecule has 1 aliphatic carbocycles. The number of rotatable bonds is 2. The van der Waals surface area contributed by atoms with Gasteiger partial charge in [-0.3, -0.25) is 4.68 Å². The topological polar surface area (TPSA) is 43.8 Å². The molecule has 0 aromatic carbocycles. The summed E-state index contributed by atoms with van der Waals surface area (Å²) in [5.41, 5.74) is 7.36. The highest BCUT2D eigenvalue weighted by atomic mass is 35.5. The molecule has 1 aliphatic rings. The van der Waals surface area contributed by atoms with Crippen LogP contribution < -0.4 is 5.73 Å². The van der Waals surface area contributed by atoms with E-state index in [9.17, 15) is 0 Å². The van der Waals surface area contributed by atoms with E-state index in [0.29, 0.717) is 5.92 Å². The first-order chi connectivity index (χ1) is 6.29. The highest BCUT2D eigenvalue weighted by Crippen LogP contribution is 2.33. The molecule has 2 rings (SSSR count). The fourth-order valence-corrected chi connectivity index (χ4v) is 2.27. The maximum absolute atomic E-state index is 6.18. The monoisotopic (exact) mass is 251 g/mol. The van der Waals surface area contributed by atoms with E-state index in [-0.39, 0.29) is 30.9 Å². The summed E-state index contributed by atoms with van der Waals surface area (Å²) < 4.78 is 1.89. The number of halogens is 2. The Labute approximate surface area is 103 Å². The smallest absolute Gasteiger partial charge is 0.0550 e. The van der Waals surface area contributed by atoms with Gasteiger partial charge in [-0.15, -0.1) is 24.8 Å². The number of nitrogens with two attached hydrogens (primary N) is 1. The van der Waals surface area contributed by atoms with Crippen LogP contribution in [0.15, 0.2) is 12.3 Å². The second-order valence-corrected chi connectivity index (χ2v) is 3.95. The quantitative estimate of drug-likeness (QED) is 0.878. The zero-order valence-electron chi connectivity index (χ0n) is 8.93. The number of aromatic nitrogens is 2. The van der Waals surface area contributed by atoms with Gasteiger partial charge in [0.15, 0.2) is 0 Å². The first-order valence-electron chi connectivity index (χ1n) is 5.02. The fraction of sp³-hybridized carbons (Fsp3) is 0.700. The third-order valence-electron chi connectivity index (χ3n) is 3.11. The van der Waals surface area contributed by atoms with Crippen molar-refractivity contribution in [2.24, 2.45) is 18.7 Å². The molecule has 88 valence electrons. The standard InChI is InChI=1S/C10H17N3.2ClH/c1-13-9(6-7-12-13)10(11)8-4-2-3-5-8;;/h6-8,10H,2-5,11H2,1H3;2*1H. The third-order valence-corrected chi connectivity index (χ3v) is 3.11. The van der Waals surface area contributed by atoms with Crippen molar-refractivity contribution < 1.29 is 0 Å². The molecule has 2 N–H and O–H groups in total. The van der Waals surface area contributed by atoms with Crippen LogP contribution in [-0.2, 0) is 7.05 Å². The van der Waals surface area contributed by atoms with E-state index in [0.717, 1.165) is 0 Å². The molecular weight excluding hydrogens is 233 g/mol. The van der Waals surface area contributed by atoms with Crippen molar-refractivity contribution in [3.63, 3.8) is 0 Å². The van der Waals surface area contributed by atoms with Crippen LogP contribution in [0, 0.1) is 5.92 Å². The lowest BCUT2D eigenvalue weighted by Gasteiger charge is -2.18. The molecule has 1 heterocycles. The summed E-state index contributed by atoms with van der Waals surface area (Å²) in [6.45, 7) is 0. The van der Waals surface area contributed by atoms with Crippen molar-refractivity contribution >= 4 is 24.8 Å². The molecule has 0 amide bonds. The van der Waals surface area contributed by atoms with Crippen LogP contribution in [0.5, 0.6) is 0 Å². The average molecular weight is 252 g/mol. The van der Waals surface area contributed by atoms with Crippen LogP contribution in [0.25, 0.3) is 0 Å². The number of hydrogen-bond acceptors (Lipinski definition) is 2. The van der Waals surface area contributed by atoms with Crippen LogP contribution in [0.1, 0.15) is 37.4 Å². The van der Waals surface area contributed by atoms with Crippen molar-refractivity contribution in [3.05, 3.63) is 18.0 Å². The van der Waals surface area contributed by atoms with Gasteiger partial charge in [0, 0.05) is 19.3 Å². The van der Waals surface area contributed by atoms with Gasteiger partial charge in [-0.25, -0.2) is 0 Å². The summed E-state index contributed by atoms with van der Waals surface area (Å²) >= 11 is 0. The predicted octanol–water partition coefficient (Wildman–Crippen LogP) is 2.45. The molecule has 1 atom stereocenters. The van der Waals surface area contributed by atoms with Gasteiger partial charge < -0.3 is 5.73 Å². The zero-order chi connectivity index (χ0) is 9.26. The molecule has 0 spiro atoms. The Morgan fingerprint density at radius 2 is 2.00 bits per heavy atom. The van der Waals surface area contributed by atoms with Gasteiger partial charge in [-0.05, 0) is 24.8 Å². The van der Waals surface area contributed by atoms with E-state index in [2.05, 4.69) is 5.10 Å². The van der Waals surface area contributed by atoms with Crippen LogP contribution in [0.3, 0.4) is 0 Å². The van der Waals surface area contributed by atoms with E-state index >= 15 is 0 Å². The Morgan fingerprint density at radius 1 is 1.40 bits per heavy atom. The molecule has 0 bridgehead atoms. The third kappa shape index (κ3) is 3.10. The van der Waals surface area contributed by atoms with E-state index in [4.69, 9.17) is 5.73 Å². The molecule has 3 nitrogen and oxygen atoms in total. The maximum atomic E-state index is 6.18. The van der Waals surface area contributed by atoms with Crippen LogP contribution in [0.2, 0.25) is 0 Å². The maximum Gasteiger partial charge on any atom is 0.0550 e. The highest BCUT2D eigenvalue weighted by Gasteiger charge is 2.24. The molecule has 15 heavy (non-hydrogen) atoms. The Kier molecular flexibility index (Phi) is 6.25. The van der Waals surface area contributed by atoms with Crippen molar-refractivity contribution in [2.75, 3.05) is 0 Å². The number of hydrogen-bond donors (Lipinski definition) is 1. The van der Waals surface area contributed by atoms with Gasteiger partial charge in [0.25, 0.3) is 0 Å². The summed E-state index contributed by atoms with van der Waals surface area (Å²) in [6.07, 6.45) is 7.08. The van der Waals surface area contributed by atoms with Crippen LogP contribution >= 0.6 is 24.8 Å². The lowest BCUT2D eigenvalue weighted by molar-refractivity contribution is 0.423. The molecule has 0 aliphatic heterocycles. The summed E-state index contributed by atoms with van der Waals surface area (Å²) in [5, 5.41) is 4.15. The normalized spacial score (nSPS) is 18.0. The van der Waals surface area contributed by atoms with Gasteiger partial charge in [0.2, 0.25) is 0 Å². The lowest BCUT2D eigenvalue weighted by Crippen LogP contribution is -2.21. The minimum Gasteiger partial charge on any atom is -0.322 e. The fourth-order valence-electron chi connectivity index (χ4n) is 2.27. The minimum atomic E-state index is 0. The largest absolute Gasteiger partial charge is 0.322 e. The van der Waals surface area contributed by atoms with Crippen molar-refractivity contribution in [1.29, 1.82) is 0 Å². The molecule has 1 aromatic heterocycles. The van der Waals surface area contributed by atoms with Gasteiger partial charge in [-0.2, -0.15) is 5.10 Å². The Balaban J connectivity index is 0.000000980. The second-order valence-electron chi connectivity index (χ2n) is 3.95. The minimum absolute atomic E-state index is 0. The average Bonchev–Trinajstić information content (AvgIpc) is 2.72. The first-order valence-corrected chi connectivity index (χ1v) is 5.02. The van der Waals surface area contributed by atoms with Gasteiger partial charge in [0.05, 0.1) is 5.69 Å². The van der Waals surface area contributed by atoms with Gasteiger partial charge in [0.1, 0.15) is 0 Å². The van der Waals surface area contributed by atoms with Crippen LogP contribution in [0.4, 0.5) is 0 Å². The molecule has 1 aromatic rings. The van der Waals surface area contributed by atoms with E-state index in [1.54, 1.807) is 0 Å². The van der Waals surface area contributed by atoms with Gasteiger partial charge in [-0.1, -0.05) is 12.8 Å². The molecule has 1 saturated carbocycles. The molecule has 0 radical (unpaired) electrons. The van der Waals surface area contributed by atoms with E-state index < -0.39 is 0 Å². The lowest BCUT2D eigenvalue weighted by atomic mass is 9.96. The molecule has 1 unspecified atom stereocenters. The van der Waals surface area contributed by atoms with Gasteiger partial charge >= 0.3 is 0 Å². The summed E-state index contributed by atoms with van der Waals surface area (Å²) in [4.78, 5) is 0. The predicted molar refractivity (Wildman–Crippen MR) is 66.6 cm³/mol. The molecule has 0 saturated heterocycles. The Hall–Kier alpha value is -0.250. The Morgan fingerprint density at radius 3 is 2.47 bits per heavy atom. The van der Waals surface area contributed by atoms with Crippen molar-refractivity contribution in [1.82, 2.24) is 9.78 Å². The summed E-state index contributed by atoms with van der Waals surface area (Å²) in [7, 11) is 1.96. The second kappa shape index (κ2) is 6.36.